The molecule has 38 heteroatoms. The molecule has 145 heavy (non-hydrogen) atoms. The highest BCUT2D eigenvalue weighted by molar-refractivity contribution is 7.92. The van der Waals surface area contributed by atoms with Gasteiger partial charge in [-0.1, -0.05) is 69.3 Å². The van der Waals surface area contributed by atoms with E-state index in [0.717, 1.165) is 73.4 Å². The second kappa shape index (κ2) is 47.5. The van der Waals surface area contributed by atoms with Gasteiger partial charge in [-0.2, -0.15) is 0 Å². The molecule has 9 aromatic carbocycles. The number of likely N-dealkylation sites (N-methyl/N-ethyl adjacent to an activating group) is 3. The number of halogens is 2. The number of ketones is 3. The van der Waals surface area contributed by atoms with E-state index in [1.165, 1.54) is 92.6 Å². The van der Waals surface area contributed by atoms with Gasteiger partial charge < -0.3 is 86.5 Å². The van der Waals surface area contributed by atoms with Crippen LogP contribution in [0.3, 0.4) is 0 Å². The number of aromatic nitrogens is 3. The summed E-state index contributed by atoms with van der Waals surface area (Å²) >= 11 is 0. The second-order valence-corrected chi connectivity index (χ2v) is 41.3. The van der Waals surface area contributed by atoms with E-state index in [2.05, 4.69) is 46.9 Å². The minimum Gasteiger partial charge on any atom is -0.449 e. The number of aliphatic hydroxyl groups excluding tert-OH is 1. The highest BCUT2D eigenvalue weighted by atomic mass is 32.2. The lowest BCUT2D eigenvalue weighted by Gasteiger charge is -2.28. The average molecular weight is 2020 g/mol. The van der Waals surface area contributed by atoms with Gasteiger partial charge in [-0.3, -0.25) is 35.1 Å². The summed E-state index contributed by atoms with van der Waals surface area (Å²) in [5.41, 5.74) is 30.4. The van der Waals surface area contributed by atoms with E-state index < -0.39 is 79.3 Å². The van der Waals surface area contributed by atoms with Crippen LogP contribution in [0.5, 0.6) is 0 Å². The Labute approximate surface area is 840 Å². The Morgan fingerprint density at radius 2 is 0.862 bits per heavy atom. The van der Waals surface area contributed by atoms with Crippen LogP contribution in [0.25, 0.3) is 32.3 Å². The summed E-state index contributed by atoms with van der Waals surface area (Å²) in [6.07, 6.45) is 1.21. The van der Waals surface area contributed by atoms with Crippen molar-refractivity contribution in [3.63, 3.8) is 0 Å². The Hall–Kier alpha value is -15.6. The number of Topliss-reactive ketones (excluding diaryl/α,β-unsaturated/α-hetero) is 3. The number of rotatable bonds is 11. The van der Waals surface area contributed by atoms with Crippen LogP contribution in [0, 0.1) is 39.3 Å². The van der Waals surface area contributed by atoms with Crippen LogP contribution in [0.2, 0.25) is 0 Å². The normalized spacial score (nSPS) is 17.2. The molecule has 3 aromatic heterocycles. The molecular formula is C107H122F2N16O18S2. The van der Waals surface area contributed by atoms with Crippen molar-refractivity contribution in [1.29, 1.82) is 0 Å². The fourth-order valence-corrected chi connectivity index (χ4v) is 19.8. The van der Waals surface area contributed by atoms with Gasteiger partial charge in [0.15, 0.2) is 19.7 Å². The van der Waals surface area contributed by atoms with Gasteiger partial charge in [0.1, 0.15) is 64.6 Å². The molecule has 0 spiro atoms. The van der Waals surface area contributed by atoms with E-state index >= 15 is 0 Å². The molecule has 34 nitrogen and oxygen atoms in total. The molecule has 12 aromatic rings. The maximum absolute atomic E-state index is 14.7. The summed E-state index contributed by atoms with van der Waals surface area (Å²) in [6.45, 7) is 22.4. The average Bonchev–Trinajstić information content (AvgIpc) is 1.64. The van der Waals surface area contributed by atoms with Gasteiger partial charge in [0.05, 0.1) is 46.4 Å². The first-order chi connectivity index (χ1) is 68.4. The number of carbonyl (C=O) groups excluding carboxylic acids is 10. The minimum atomic E-state index is -3.67. The largest absolute Gasteiger partial charge is 0.449 e. The molecule has 1 aliphatic carbocycles. The van der Waals surface area contributed by atoms with Gasteiger partial charge in [0.25, 0.3) is 5.91 Å². The van der Waals surface area contributed by atoms with Gasteiger partial charge in [-0.05, 0) is 275 Å². The number of amides is 7. The monoisotopic (exact) mass is 2020 g/mol. The van der Waals surface area contributed by atoms with Crippen molar-refractivity contribution in [3.05, 3.63) is 272 Å². The van der Waals surface area contributed by atoms with Crippen LogP contribution in [-0.4, -0.2) is 181 Å². The van der Waals surface area contributed by atoms with Crippen molar-refractivity contribution in [1.82, 2.24) is 34.6 Å². The van der Waals surface area contributed by atoms with E-state index in [9.17, 15) is 78.7 Å². The molecule has 0 saturated heterocycles. The molecule has 6 atom stereocenters. The third-order valence-corrected chi connectivity index (χ3v) is 28.3. The number of hydrogen-bond donors (Lipinski definition) is 10. The summed E-state index contributed by atoms with van der Waals surface area (Å²) in [6, 6.07) is 43.7. The van der Waals surface area contributed by atoms with Crippen LogP contribution in [0.15, 0.2) is 192 Å². The number of benzene rings is 9. The molecule has 0 radical (unpaired) electrons. The minimum absolute atomic E-state index is 0.000536. The number of aliphatic hydroxyl groups is 1. The fourth-order valence-electron chi connectivity index (χ4n) is 16.8. The number of sulfone groups is 2. The molecule has 1 fully saturated rings. The van der Waals surface area contributed by atoms with E-state index in [1.807, 2.05) is 102 Å². The lowest BCUT2D eigenvalue weighted by Crippen LogP contribution is -2.36. The Morgan fingerprint density at radius 3 is 1.30 bits per heavy atom. The molecule has 7 aliphatic rings. The van der Waals surface area contributed by atoms with Gasteiger partial charge in [0.2, 0.25) is 24.0 Å². The van der Waals surface area contributed by atoms with Crippen molar-refractivity contribution in [3.8, 4) is 0 Å². The first-order valence-electron chi connectivity index (χ1n) is 46.6. The number of aryl methyl sites for hydroxylation is 4. The molecule has 13 N–H and O–H groups in total. The predicted molar refractivity (Wildman–Crippen MR) is 556 cm³/mol. The lowest BCUT2D eigenvalue weighted by atomic mass is 9.92. The smallest absolute Gasteiger partial charge is 0.413 e. The van der Waals surface area contributed by atoms with Crippen molar-refractivity contribution >= 4 is 163 Å². The highest BCUT2D eigenvalue weighted by Gasteiger charge is 2.40. The Bertz CT molecular complexity index is 7190. The van der Waals surface area contributed by atoms with Gasteiger partial charge in [-0.15, -0.1) is 0 Å². The first kappa shape index (κ1) is 110. The zero-order valence-electron chi connectivity index (χ0n) is 84.0. The van der Waals surface area contributed by atoms with E-state index in [4.69, 9.17) is 31.4 Å². The van der Waals surface area contributed by atoms with Crippen LogP contribution >= 0.6 is 0 Å². The van der Waals surface area contributed by atoms with Crippen molar-refractivity contribution in [2.45, 2.75) is 180 Å². The lowest BCUT2D eigenvalue weighted by molar-refractivity contribution is -0.132. The number of hydrogen-bond acceptors (Lipinski definition) is 27. The number of fused-ring (bicyclic) bond motifs is 30. The molecule has 1 unspecified atom stereocenters. The van der Waals surface area contributed by atoms with Gasteiger partial charge >= 0.3 is 18.3 Å². The standard InChI is InChI=1S/C33H34FN5O6S.C33H36N6O4.C32H34FN5O5S.3C3H6O/c1-17-10-19-11-18(2)25(17)14-29(40)45-33(42)38-21-5-9-28(46(43,44)23-6-7-23)20(12-21)16-39(3)32(41)30(19)37-22-4-8-24-26(13-22)27(34)15-36-31(24)35;1-19-14-22-6-9-26(19)20(2)18-43-33(42)37-25-8-11-28(31(40)38(3)4)23(16-25)17-39(5)32(41)29(22)36-24-7-10-27-21(15-24)12-13-35-30(27)34;1-5-44(41,42)28-11-8-22-13-21(28)16-38(4)31(39)29(36-23-7-10-25-26(14-23)27(33)15-35-30(25)34)20-6-9-24(18(2)12-20)19(3)17-43-32(40)37-22;3*1-3(2)4/h4-5,8-13,15,23,29-30,37,40H,6-7,14,16H2,1-3H3,(H2,35,36)(H,38,42);6-16,20,29,36H,17-18H2,1-5H3,(H2,34,35)(H,37,42);6-15,19,29,36H,5,16-17H2,1-4H3,(H2,34,35)(H,37,40);3*1-2H3/t29?,30-;20-,29+;19-,29+;;;/m100.../s1. The highest BCUT2D eigenvalue weighted by Crippen LogP contribution is 2.40. The van der Waals surface area contributed by atoms with Crippen LogP contribution < -0.4 is 49.1 Å². The number of ether oxygens (including phenoxy) is 3. The summed E-state index contributed by atoms with van der Waals surface area (Å²) in [5.74, 6) is -1.33. The van der Waals surface area contributed by atoms with E-state index in [1.54, 1.807) is 120 Å². The number of anilines is 9. The summed E-state index contributed by atoms with van der Waals surface area (Å²) < 4.78 is 98.4. The zero-order chi connectivity index (χ0) is 106. The fraction of sp³-hybridized carbons (Fsp3) is 0.318. The van der Waals surface area contributed by atoms with E-state index in [-0.39, 0.29) is 136 Å². The summed E-state index contributed by atoms with van der Waals surface area (Å²) in [5, 5.41) is 31.2. The van der Waals surface area contributed by atoms with Crippen molar-refractivity contribution in [2.75, 3.05) is 103 Å². The van der Waals surface area contributed by atoms with Crippen molar-refractivity contribution in [2.24, 2.45) is 0 Å². The maximum atomic E-state index is 14.7. The molecule has 764 valence electrons. The summed E-state index contributed by atoms with van der Waals surface area (Å²) in [4.78, 5) is 140. The quantitative estimate of drug-likeness (QED) is 0.0538. The Morgan fingerprint density at radius 1 is 0.476 bits per heavy atom. The molecule has 9 heterocycles. The third-order valence-electron chi connectivity index (χ3n) is 24.1. The predicted octanol–water partition coefficient (Wildman–Crippen LogP) is 17.4. The van der Waals surface area contributed by atoms with Crippen molar-refractivity contribution < 1.29 is 92.9 Å². The number of nitrogen functional groups attached to an aromatic ring is 3. The number of nitrogens with zero attached hydrogens (tertiary/aromatic N) is 7. The SMILES string of the molecule is CC(C)=O.CC(C)=O.CC(C)=O.CCS(=O)(=O)c1ccc2cc1CN(C)C(=O)[C@H](Nc1ccc3c(N)ncc(F)c3c1)c1ccc(c(C)c1)[C@@H](C)COC(=O)N2.Cc1cc2cc(C)c1CC(O)OC(=O)Nc1ccc(S(=O)(=O)C3CC3)c(c1)CN(C)C(=O)[C@@H]2Nc1ccc2c(N)ncc(F)c2c1.Cc1cc2ccc1[C@@H](C)COC(=O)Nc1ccc(C(=O)N(C)C)c(c1)CN(C)C(=O)[C@@H]2Nc1ccc2c(N)nccc2c1. The Kier molecular flexibility index (Phi) is 36.0. The number of pyridine rings is 3. The van der Waals surface area contributed by atoms with Gasteiger partial charge in [0, 0.05) is 146 Å². The first-order valence-corrected chi connectivity index (χ1v) is 49.8. The second-order valence-electron chi connectivity index (χ2n) is 36.8. The molecule has 1 saturated carbocycles. The summed E-state index contributed by atoms with van der Waals surface area (Å²) in [7, 11) is 0.855. The molecule has 19 rings (SSSR count). The molecule has 7 amide bonds. The number of carbonyl (C=O) groups is 10. The number of nitrogens with one attached hydrogen (secondary N) is 6. The molecular weight excluding hydrogens is 1900 g/mol. The maximum Gasteiger partial charge on any atom is 0.413 e. The Balaban J connectivity index is 0.000000196. The third kappa shape index (κ3) is 28.1. The molecule has 6 aliphatic heterocycles. The van der Waals surface area contributed by atoms with Crippen LogP contribution in [-0.2, 0) is 88.7 Å². The topological polar surface area (TPSA) is 489 Å². The van der Waals surface area contributed by atoms with Gasteiger partial charge in [-0.25, -0.2) is 55.0 Å². The number of nitrogens with two attached hydrogens (primary N) is 3. The van der Waals surface area contributed by atoms with Crippen LogP contribution in [0.1, 0.15) is 188 Å². The van der Waals surface area contributed by atoms with E-state index in [0.29, 0.717) is 85.6 Å². The molecule has 12 bridgehead atoms. The van der Waals surface area contributed by atoms with Crippen LogP contribution in [0.4, 0.5) is 74.7 Å². The zero-order valence-corrected chi connectivity index (χ0v) is 85.7.